The number of rotatable bonds is 6. The van der Waals surface area contributed by atoms with Gasteiger partial charge in [0, 0.05) is 24.6 Å². The van der Waals surface area contributed by atoms with Crippen molar-refractivity contribution >= 4 is 57.3 Å². The summed E-state index contributed by atoms with van der Waals surface area (Å²) in [6.07, 6.45) is 3.61. The number of aromatic carboxylic acids is 1. The summed E-state index contributed by atoms with van der Waals surface area (Å²) in [5.74, 6) is -1.13. The summed E-state index contributed by atoms with van der Waals surface area (Å²) in [5.41, 5.74) is 1.58. The van der Waals surface area contributed by atoms with E-state index in [-0.39, 0.29) is 27.8 Å². The number of carboxylic acid groups (broad SMARTS) is 1. The van der Waals surface area contributed by atoms with Crippen LogP contribution in [0.2, 0.25) is 10.0 Å². The number of aromatic amines is 2. The van der Waals surface area contributed by atoms with Gasteiger partial charge in [0.2, 0.25) is 0 Å². The number of aromatic nitrogens is 4. The van der Waals surface area contributed by atoms with Crippen LogP contribution in [0.1, 0.15) is 32.3 Å². The van der Waals surface area contributed by atoms with E-state index in [1.807, 2.05) is 4.90 Å². The molecule has 14 heteroatoms. The fourth-order valence-electron chi connectivity index (χ4n) is 3.47. The standard InChI is InChI=1S/C19H19Cl2N7O4S/c1-8-11(20)12(21)13(24-8)17(29)25-9-3-6-28(7-10(9)27-32-2)19-26-14(15(33-19)18(30)31)16-22-4-5-23-16/h4-5,9,24H,3,6-7H2,1-2H3,(H,22,23)(H,25,29)(H,30,31)/b27-10+. The molecule has 1 unspecified atom stereocenters. The number of hydrogen-bond donors (Lipinski definition) is 4. The SMILES string of the molecule is CO/N=C1\CN(c2nc(-c3ncc[nH]3)c(C(=O)O)s2)CCC1NC(=O)c1[nH]c(C)c(Cl)c1Cl. The Labute approximate surface area is 201 Å². The number of carboxylic acids is 1. The van der Waals surface area contributed by atoms with Crippen molar-refractivity contribution in [3.63, 3.8) is 0 Å². The monoisotopic (exact) mass is 511 g/mol. The molecule has 0 bridgehead atoms. The summed E-state index contributed by atoms with van der Waals surface area (Å²) in [5, 5.41) is 17.5. The molecule has 3 aromatic heterocycles. The smallest absolute Gasteiger partial charge is 0.348 e. The molecule has 1 aliphatic heterocycles. The maximum Gasteiger partial charge on any atom is 0.348 e. The molecule has 0 aliphatic carbocycles. The van der Waals surface area contributed by atoms with Crippen molar-refractivity contribution in [2.75, 3.05) is 25.1 Å². The van der Waals surface area contributed by atoms with E-state index in [2.05, 4.69) is 30.4 Å². The number of oxime groups is 1. The highest BCUT2D eigenvalue weighted by atomic mass is 35.5. The number of thiazole rings is 1. The molecule has 1 saturated heterocycles. The fourth-order valence-corrected chi connectivity index (χ4v) is 4.81. The van der Waals surface area contributed by atoms with E-state index in [0.29, 0.717) is 40.3 Å². The second-order valence-corrected chi connectivity index (χ2v) is 8.90. The molecule has 3 aromatic rings. The molecule has 4 rings (SSSR count). The van der Waals surface area contributed by atoms with E-state index in [4.69, 9.17) is 28.0 Å². The van der Waals surface area contributed by atoms with Gasteiger partial charge in [-0.1, -0.05) is 39.7 Å². The fraction of sp³-hybridized carbons (Fsp3) is 0.316. The van der Waals surface area contributed by atoms with Crippen molar-refractivity contribution in [2.45, 2.75) is 19.4 Å². The first-order chi connectivity index (χ1) is 15.8. The van der Waals surface area contributed by atoms with Crippen LogP contribution in [0, 0.1) is 6.92 Å². The minimum absolute atomic E-state index is 0.0780. The molecule has 4 heterocycles. The molecule has 0 aromatic carbocycles. The molecule has 4 N–H and O–H groups in total. The Balaban J connectivity index is 1.54. The van der Waals surface area contributed by atoms with Crippen LogP contribution in [0.4, 0.5) is 5.13 Å². The van der Waals surface area contributed by atoms with Gasteiger partial charge in [-0.2, -0.15) is 0 Å². The lowest BCUT2D eigenvalue weighted by molar-refractivity contribution is 0.0702. The summed E-state index contributed by atoms with van der Waals surface area (Å²) < 4.78 is 0. The highest BCUT2D eigenvalue weighted by Crippen LogP contribution is 2.33. The number of piperidine rings is 1. The van der Waals surface area contributed by atoms with Crippen molar-refractivity contribution < 1.29 is 19.5 Å². The van der Waals surface area contributed by atoms with Crippen molar-refractivity contribution in [1.82, 2.24) is 25.3 Å². The number of aryl methyl sites for hydroxylation is 1. The Kier molecular flexibility index (Phi) is 6.58. The number of imidazole rings is 1. The highest BCUT2D eigenvalue weighted by Gasteiger charge is 2.32. The molecular weight excluding hydrogens is 493 g/mol. The third-order valence-electron chi connectivity index (χ3n) is 5.04. The zero-order valence-electron chi connectivity index (χ0n) is 17.5. The van der Waals surface area contributed by atoms with Crippen molar-refractivity contribution in [2.24, 2.45) is 5.16 Å². The van der Waals surface area contributed by atoms with E-state index >= 15 is 0 Å². The molecule has 1 aliphatic rings. The summed E-state index contributed by atoms with van der Waals surface area (Å²) in [7, 11) is 1.41. The van der Waals surface area contributed by atoms with Gasteiger partial charge in [0.05, 0.1) is 28.3 Å². The number of nitrogens with one attached hydrogen (secondary N) is 3. The first kappa shape index (κ1) is 23.1. The Morgan fingerprint density at radius 3 is 2.79 bits per heavy atom. The predicted molar refractivity (Wildman–Crippen MR) is 125 cm³/mol. The topological polar surface area (TPSA) is 149 Å². The average Bonchev–Trinajstić information content (AvgIpc) is 3.51. The Bertz CT molecular complexity index is 1220. The van der Waals surface area contributed by atoms with E-state index < -0.39 is 17.9 Å². The maximum absolute atomic E-state index is 12.8. The third-order valence-corrected chi connectivity index (χ3v) is 7.09. The van der Waals surface area contributed by atoms with Gasteiger partial charge in [-0.05, 0) is 13.3 Å². The number of amides is 1. The minimum atomic E-state index is -1.09. The lowest BCUT2D eigenvalue weighted by Gasteiger charge is -2.32. The maximum atomic E-state index is 12.8. The number of hydrogen-bond acceptors (Lipinski definition) is 8. The van der Waals surface area contributed by atoms with E-state index in [1.54, 1.807) is 13.1 Å². The number of halogens is 2. The van der Waals surface area contributed by atoms with Gasteiger partial charge in [0.15, 0.2) is 11.0 Å². The van der Waals surface area contributed by atoms with Crippen LogP contribution in [-0.2, 0) is 4.84 Å². The summed E-state index contributed by atoms with van der Waals surface area (Å²) in [6, 6.07) is -0.421. The van der Waals surface area contributed by atoms with Crippen LogP contribution in [0.15, 0.2) is 17.5 Å². The number of nitrogens with zero attached hydrogens (tertiary/aromatic N) is 4. The third kappa shape index (κ3) is 4.54. The van der Waals surface area contributed by atoms with E-state index in [1.165, 1.54) is 13.3 Å². The molecular formula is C19H19Cl2N7O4S. The Morgan fingerprint density at radius 2 is 2.18 bits per heavy atom. The molecule has 11 nitrogen and oxygen atoms in total. The molecule has 0 radical (unpaired) electrons. The first-order valence-corrected chi connectivity index (χ1v) is 11.3. The molecule has 1 amide bonds. The van der Waals surface area contributed by atoms with Crippen LogP contribution < -0.4 is 10.2 Å². The Morgan fingerprint density at radius 1 is 1.39 bits per heavy atom. The second-order valence-electron chi connectivity index (χ2n) is 7.17. The van der Waals surface area contributed by atoms with Gasteiger partial charge in [-0.3, -0.25) is 4.79 Å². The molecule has 0 saturated carbocycles. The van der Waals surface area contributed by atoms with Crippen LogP contribution >= 0.6 is 34.5 Å². The average molecular weight is 512 g/mol. The predicted octanol–water partition coefficient (Wildman–Crippen LogP) is 3.19. The summed E-state index contributed by atoms with van der Waals surface area (Å²) >= 11 is 13.3. The highest BCUT2D eigenvalue weighted by molar-refractivity contribution is 7.17. The largest absolute Gasteiger partial charge is 0.477 e. The number of carbonyl (C=O) groups is 2. The number of anilines is 1. The molecule has 33 heavy (non-hydrogen) atoms. The molecule has 1 atom stereocenters. The minimum Gasteiger partial charge on any atom is -0.477 e. The molecule has 1 fully saturated rings. The van der Waals surface area contributed by atoms with Gasteiger partial charge in [-0.25, -0.2) is 14.8 Å². The van der Waals surface area contributed by atoms with E-state index in [9.17, 15) is 14.7 Å². The zero-order valence-corrected chi connectivity index (χ0v) is 19.8. The normalized spacial score (nSPS) is 17.4. The summed E-state index contributed by atoms with van der Waals surface area (Å²) in [6.45, 7) is 2.50. The first-order valence-electron chi connectivity index (χ1n) is 9.73. The van der Waals surface area contributed by atoms with Gasteiger partial charge in [0.1, 0.15) is 23.4 Å². The van der Waals surface area contributed by atoms with Crippen molar-refractivity contribution in [3.8, 4) is 11.5 Å². The molecule has 174 valence electrons. The molecule has 0 spiro atoms. The van der Waals surface area contributed by atoms with Gasteiger partial charge < -0.3 is 30.1 Å². The number of H-pyrrole nitrogens is 2. The second kappa shape index (κ2) is 9.41. The van der Waals surface area contributed by atoms with Crippen molar-refractivity contribution in [1.29, 1.82) is 0 Å². The van der Waals surface area contributed by atoms with Crippen LogP contribution in [0.5, 0.6) is 0 Å². The Hall–Kier alpha value is -3.09. The van der Waals surface area contributed by atoms with Gasteiger partial charge in [-0.15, -0.1) is 0 Å². The van der Waals surface area contributed by atoms with Crippen LogP contribution in [0.3, 0.4) is 0 Å². The lowest BCUT2D eigenvalue weighted by Crippen LogP contribution is -2.52. The zero-order chi connectivity index (χ0) is 23.7. The summed E-state index contributed by atoms with van der Waals surface area (Å²) in [4.78, 5) is 45.8. The van der Waals surface area contributed by atoms with Crippen LogP contribution in [-0.4, -0.2) is 68.9 Å². The quantitative estimate of drug-likeness (QED) is 0.371. The van der Waals surface area contributed by atoms with Crippen LogP contribution in [0.25, 0.3) is 11.5 Å². The lowest BCUT2D eigenvalue weighted by atomic mass is 10.0. The number of carbonyl (C=O) groups excluding carboxylic acids is 1. The van der Waals surface area contributed by atoms with E-state index in [0.717, 1.165) is 11.3 Å². The van der Waals surface area contributed by atoms with Gasteiger partial charge in [0.25, 0.3) is 5.91 Å². The van der Waals surface area contributed by atoms with Gasteiger partial charge >= 0.3 is 5.97 Å². The van der Waals surface area contributed by atoms with Crippen molar-refractivity contribution in [3.05, 3.63) is 38.7 Å².